The van der Waals surface area contributed by atoms with Crippen LogP contribution in [-0.4, -0.2) is 26.2 Å². The molecule has 0 spiro atoms. The van der Waals surface area contributed by atoms with Crippen LogP contribution in [0, 0.1) is 20.8 Å². The van der Waals surface area contributed by atoms with Gasteiger partial charge >= 0.3 is 7.87 Å². The molecule has 0 atom stereocenters. The number of aryl methyl sites for hydroxylation is 3. The van der Waals surface area contributed by atoms with Crippen molar-refractivity contribution in [2.45, 2.75) is 203 Å². The number of unbranched alkanes of at least 4 members (excludes halogenated alkanes) is 20. The standard InChI is InChI=1S/C59H94N4P/c1-8-12-16-20-24-37-49-60(56-44-29-28-30-45-56)64(61(50-38-25-21-17-13-9-2)57-46-34-31-41-53(57)5,62(51-39-26-22-18-14-10-3)58-47-35-32-42-54(58)6)63(52-40-27-23-19-15-11-4)59-48-36-33-43-55(59)7/h28-36,41-48H,8-27,37-40,49-52H2,1-7H3/q+1. The minimum absolute atomic E-state index is 1.01. The van der Waals surface area contributed by atoms with Crippen LogP contribution in [0.2, 0.25) is 0 Å². The molecular weight excluding hydrogens is 796 g/mol. The second-order valence-corrected chi connectivity index (χ2v) is 21.8. The average Bonchev–Trinajstić information content (AvgIpc) is 3.31. The summed E-state index contributed by atoms with van der Waals surface area (Å²) in [6, 6.07) is 40.1. The van der Waals surface area contributed by atoms with Gasteiger partial charge in [0.1, 0.15) is 0 Å². The lowest BCUT2D eigenvalue weighted by molar-refractivity contribution is 0.600. The SMILES string of the molecule is CCCCCCCCN(c1ccccc1)[P+](N(CCCCCCCC)c1ccccc1C)(N(CCCCCCCC)c1ccccc1C)N(CCCCCCCC)c1ccccc1C. The predicted octanol–water partition coefficient (Wildman–Crippen LogP) is 19.1. The van der Waals surface area contributed by atoms with Crippen LogP contribution >= 0.6 is 7.87 Å². The Labute approximate surface area is 396 Å². The second kappa shape index (κ2) is 31.4. The first-order valence-electron chi connectivity index (χ1n) is 26.7. The normalized spacial score (nSPS) is 11.5. The van der Waals surface area contributed by atoms with Gasteiger partial charge in [-0.1, -0.05) is 229 Å². The molecule has 0 amide bonds. The monoisotopic (exact) mass is 890 g/mol. The first-order valence-corrected chi connectivity index (χ1v) is 28.3. The van der Waals surface area contributed by atoms with E-state index < -0.39 is 7.87 Å². The Kier molecular flexibility index (Phi) is 26.1. The third kappa shape index (κ3) is 16.1. The molecule has 0 saturated carbocycles. The van der Waals surface area contributed by atoms with Gasteiger partial charge in [-0.15, -0.1) is 0 Å². The summed E-state index contributed by atoms with van der Waals surface area (Å²) in [7, 11) is -2.82. The Morgan fingerprint density at radius 2 is 0.531 bits per heavy atom. The molecule has 4 nitrogen and oxygen atoms in total. The van der Waals surface area contributed by atoms with Gasteiger partial charge in [0.25, 0.3) is 0 Å². The zero-order valence-corrected chi connectivity index (χ0v) is 43.2. The Morgan fingerprint density at radius 1 is 0.281 bits per heavy atom. The highest BCUT2D eigenvalue weighted by Crippen LogP contribution is 2.74. The molecule has 354 valence electrons. The maximum absolute atomic E-state index is 3.05. The van der Waals surface area contributed by atoms with E-state index in [1.165, 1.54) is 194 Å². The van der Waals surface area contributed by atoms with Crippen LogP contribution in [0.1, 0.15) is 198 Å². The van der Waals surface area contributed by atoms with E-state index in [0.717, 1.165) is 26.2 Å². The van der Waals surface area contributed by atoms with Gasteiger partial charge in [-0.25, -0.2) is 0 Å². The molecule has 0 heterocycles. The Balaban J connectivity index is 2.17. The van der Waals surface area contributed by atoms with Crippen LogP contribution in [0.3, 0.4) is 0 Å². The van der Waals surface area contributed by atoms with Gasteiger partial charge < -0.3 is 0 Å². The van der Waals surface area contributed by atoms with Crippen LogP contribution in [0.15, 0.2) is 103 Å². The molecule has 0 aliphatic carbocycles. The molecule has 0 fully saturated rings. The predicted molar refractivity (Wildman–Crippen MR) is 290 cm³/mol. The summed E-state index contributed by atoms with van der Waals surface area (Å²) in [4.78, 5) is 0. The maximum atomic E-state index is 3.05. The number of rotatable bonds is 36. The lowest BCUT2D eigenvalue weighted by Crippen LogP contribution is -2.55. The van der Waals surface area contributed by atoms with Crippen molar-refractivity contribution in [3.8, 4) is 0 Å². The van der Waals surface area contributed by atoms with E-state index in [1.807, 2.05) is 0 Å². The van der Waals surface area contributed by atoms with Crippen molar-refractivity contribution in [1.82, 2.24) is 0 Å². The van der Waals surface area contributed by atoms with Crippen LogP contribution in [-0.2, 0) is 0 Å². The molecule has 0 unspecified atom stereocenters. The molecule has 0 aliphatic heterocycles. The molecule has 0 N–H and O–H groups in total. The topological polar surface area (TPSA) is 13.0 Å². The lowest BCUT2D eigenvalue weighted by atomic mass is 10.1. The molecule has 5 heteroatoms. The zero-order chi connectivity index (χ0) is 45.7. The summed E-state index contributed by atoms with van der Waals surface area (Å²) >= 11 is 0. The average molecular weight is 890 g/mol. The quantitative estimate of drug-likeness (QED) is 0.0333. The molecule has 0 aliphatic rings. The van der Waals surface area contributed by atoms with Crippen molar-refractivity contribution in [2.24, 2.45) is 0 Å². The van der Waals surface area contributed by atoms with Crippen LogP contribution in [0.5, 0.6) is 0 Å². The van der Waals surface area contributed by atoms with Crippen LogP contribution in [0.4, 0.5) is 22.7 Å². The largest absolute Gasteiger partial charge is 0.405 e. The molecule has 0 bridgehead atoms. The highest BCUT2D eigenvalue weighted by Gasteiger charge is 2.63. The fourth-order valence-corrected chi connectivity index (χ4v) is 14.9. The van der Waals surface area contributed by atoms with Crippen LogP contribution < -0.4 is 18.7 Å². The van der Waals surface area contributed by atoms with Gasteiger partial charge in [0.2, 0.25) is 0 Å². The molecule has 0 aromatic heterocycles. The van der Waals surface area contributed by atoms with Crippen molar-refractivity contribution in [3.63, 3.8) is 0 Å². The smallest absolute Gasteiger partial charge is 0.190 e. The fourth-order valence-electron chi connectivity index (χ4n) is 9.72. The van der Waals surface area contributed by atoms with Crippen molar-refractivity contribution < 1.29 is 0 Å². The summed E-state index contributed by atoms with van der Waals surface area (Å²) in [5, 5.41) is 0. The summed E-state index contributed by atoms with van der Waals surface area (Å²) in [5.74, 6) is 0. The van der Waals surface area contributed by atoms with Crippen molar-refractivity contribution in [3.05, 3.63) is 120 Å². The number of nitrogens with zero attached hydrogens (tertiary/aromatic N) is 4. The zero-order valence-electron chi connectivity index (χ0n) is 42.4. The van der Waals surface area contributed by atoms with E-state index >= 15 is 0 Å². The Hall–Kier alpha value is -3.49. The minimum atomic E-state index is -2.82. The molecular formula is C59H94N4P+. The molecule has 64 heavy (non-hydrogen) atoms. The van der Waals surface area contributed by atoms with Gasteiger partial charge in [0, 0.05) is 0 Å². The summed E-state index contributed by atoms with van der Waals surface area (Å²) in [6.07, 6.45) is 30.7. The van der Waals surface area contributed by atoms with Gasteiger partial charge in [-0.2, -0.15) is 18.7 Å². The first kappa shape index (κ1) is 53.1. The second-order valence-electron chi connectivity index (χ2n) is 18.8. The van der Waals surface area contributed by atoms with Crippen molar-refractivity contribution >= 4 is 30.6 Å². The number of hydrogen-bond acceptors (Lipinski definition) is 4. The number of para-hydroxylation sites is 4. The van der Waals surface area contributed by atoms with Crippen molar-refractivity contribution in [2.75, 3.05) is 44.9 Å². The van der Waals surface area contributed by atoms with Crippen molar-refractivity contribution in [1.29, 1.82) is 0 Å². The number of hydrogen-bond donors (Lipinski definition) is 0. The molecule has 4 aromatic carbocycles. The third-order valence-electron chi connectivity index (χ3n) is 13.4. The van der Waals surface area contributed by atoms with E-state index in [9.17, 15) is 0 Å². The van der Waals surface area contributed by atoms with Crippen LogP contribution in [0.25, 0.3) is 0 Å². The third-order valence-corrected chi connectivity index (χ3v) is 17.7. The minimum Gasteiger partial charge on any atom is -0.190 e. The Morgan fingerprint density at radius 3 is 0.828 bits per heavy atom. The molecule has 4 rings (SSSR count). The molecule has 4 aromatic rings. The highest BCUT2D eigenvalue weighted by atomic mass is 31.2. The van der Waals surface area contributed by atoms with Gasteiger partial charge in [0.05, 0.1) is 48.9 Å². The molecule has 0 radical (unpaired) electrons. The summed E-state index contributed by atoms with van der Waals surface area (Å²) in [5.41, 5.74) is 9.68. The van der Waals surface area contributed by atoms with E-state index in [1.54, 1.807) is 0 Å². The van der Waals surface area contributed by atoms with E-state index in [4.69, 9.17) is 0 Å². The number of anilines is 4. The van der Waals surface area contributed by atoms with Gasteiger partial charge in [-0.3, -0.25) is 0 Å². The van der Waals surface area contributed by atoms with E-state index in [2.05, 4.69) is 170 Å². The molecule has 0 saturated heterocycles. The van der Waals surface area contributed by atoms with Gasteiger partial charge in [-0.05, 0) is 93.5 Å². The lowest BCUT2D eigenvalue weighted by Gasteiger charge is -2.54. The fraction of sp³-hybridized carbons (Fsp3) is 0.593. The maximum Gasteiger partial charge on any atom is 0.405 e. The number of benzene rings is 4. The summed E-state index contributed by atoms with van der Waals surface area (Å²) < 4.78 is 12.2. The van der Waals surface area contributed by atoms with E-state index in [0.29, 0.717) is 0 Å². The highest BCUT2D eigenvalue weighted by molar-refractivity contribution is 7.81. The van der Waals surface area contributed by atoms with E-state index in [-0.39, 0.29) is 0 Å². The van der Waals surface area contributed by atoms with Gasteiger partial charge in [0.15, 0.2) is 0 Å². The summed E-state index contributed by atoms with van der Waals surface area (Å²) in [6.45, 7) is 20.6. The first-order chi connectivity index (χ1) is 31.4. The Bertz CT molecular complexity index is 1620.